The van der Waals surface area contributed by atoms with Gasteiger partial charge in [-0.25, -0.2) is 4.79 Å². The molecule has 1 saturated heterocycles. The van der Waals surface area contributed by atoms with E-state index in [9.17, 15) is 19.2 Å². The minimum absolute atomic E-state index is 0.160. The van der Waals surface area contributed by atoms with E-state index in [1.807, 2.05) is 0 Å². The molecular weight excluding hydrogens is 508 g/mol. The molecule has 2 heterocycles. The molecule has 1 fully saturated rings. The van der Waals surface area contributed by atoms with Crippen molar-refractivity contribution in [3.8, 4) is 17.2 Å². The fourth-order valence-corrected chi connectivity index (χ4v) is 4.32. The quantitative estimate of drug-likeness (QED) is 0.305. The number of azo groups is 1. The second-order valence-electron chi connectivity index (χ2n) is 9.95. The molecule has 2 aliphatic rings. The van der Waals surface area contributed by atoms with E-state index in [1.165, 1.54) is 25.2 Å². The Kier molecular flexibility index (Phi) is 7.84. The van der Waals surface area contributed by atoms with E-state index in [-0.39, 0.29) is 43.6 Å². The molecular formula is C27H30N4O8. The van der Waals surface area contributed by atoms with E-state index < -0.39 is 23.5 Å². The van der Waals surface area contributed by atoms with Gasteiger partial charge in [-0.15, -0.1) is 5.11 Å². The number of hydrogen-bond donors (Lipinski definition) is 1. The summed E-state index contributed by atoms with van der Waals surface area (Å²) < 4.78 is 21.7. The summed E-state index contributed by atoms with van der Waals surface area (Å²) in [5.41, 5.74) is 1.17. The molecule has 12 nitrogen and oxygen atoms in total. The highest BCUT2D eigenvalue weighted by Gasteiger charge is 2.39. The Morgan fingerprint density at radius 1 is 1.03 bits per heavy atom. The van der Waals surface area contributed by atoms with Crippen molar-refractivity contribution in [3.05, 3.63) is 41.5 Å². The minimum atomic E-state index is -0.732. The third-order valence-electron chi connectivity index (χ3n) is 6.05. The Morgan fingerprint density at radius 2 is 1.74 bits per heavy atom. The monoisotopic (exact) mass is 538 g/mol. The molecule has 0 aliphatic carbocycles. The van der Waals surface area contributed by atoms with E-state index in [1.54, 1.807) is 45.0 Å². The lowest BCUT2D eigenvalue weighted by molar-refractivity contribution is -0.157. The molecule has 0 aromatic heterocycles. The molecule has 1 atom stereocenters. The summed E-state index contributed by atoms with van der Waals surface area (Å²) in [6, 6.07) is 7.42. The van der Waals surface area contributed by atoms with Crippen LogP contribution >= 0.6 is 0 Å². The van der Waals surface area contributed by atoms with Crippen LogP contribution in [0.5, 0.6) is 17.2 Å². The van der Waals surface area contributed by atoms with Crippen LogP contribution in [0.2, 0.25) is 0 Å². The average Bonchev–Trinajstić information content (AvgIpc) is 3.21. The Morgan fingerprint density at radius 3 is 2.41 bits per heavy atom. The van der Waals surface area contributed by atoms with Gasteiger partial charge < -0.3 is 23.8 Å². The molecule has 0 spiro atoms. The predicted octanol–water partition coefficient (Wildman–Crippen LogP) is 3.60. The maximum absolute atomic E-state index is 13.1. The summed E-state index contributed by atoms with van der Waals surface area (Å²) in [6.45, 7) is 5.12. The van der Waals surface area contributed by atoms with Crippen molar-refractivity contribution in [2.45, 2.75) is 51.8 Å². The summed E-state index contributed by atoms with van der Waals surface area (Å²) in [5.74, 6) is -0.807. The van der Waals surface area contributed by atoms with Gasteiger partial charge in [-0.3, -0.25) is 19.7 Å². The van der Waals surface area contributed by atoms with Crippen LogP contribution in [0.1, 0.15) is 49.5 Å². The fourth-order valence-electron chi connectivity index (χ4n) is 4.32. The molecule has 0 bridgehead atoms. The van der Waals surface area contributed by atoms with E-state index >= 15 is 0 Å². The van der Waals surface area contributed by atoms with Gasteiger partial charge in [-0.2, -0.15) is 5.11 Å². The van der Waals surface area contributed by atoms with E-state index in [0.29, 0.717) is 34.0 Å². The Labute approximate surface area is 225 Å². The number of carbonyl (C=O) groups is 4. The zero-order chi connectivity index (χ0) is 28.3. The predicted molar refractivity (Wildman–Crippen MR) is 138 cm³/mol. The highest BCUT2D eigenvalue weighted by molar-refractivity contribution is 6.06. The minimum Gasteiger partial charge on any atom is -0.494 e. The second-order valence-corrected chi connectivity index (χ2v) is 9.95. The van der Waals surface area contributed by atoms with Gasteiger partial charge in [0.2, 0.25) is 11.8 Å². The lowest BCUT2D eigenvalue weighted by atomic mass is 10.0. The summed E-state index contributed by atoms with van der Waals surface area (Å²) >= 11 is 0. The maximum atomic E-state index is 13.1. The Hall–Kier alpha value is -4.48. The lowest BCUT2D eigenvalue weighted by Gasteiger charge is -2.29. The number of ether oxygens (including phenoxy) is 4. The smallest absolute Gasteiger partial charge is 0.344 e. The van der Waals surface area contributed by atoms with Crippen molar-refractivity contribution in [1.29, 1.82) is 0 Å². The molecule has 39 heavy (non-hydrogen) atoms. The summed E-state index contributed by atoms with van der Waals surface area (Å²) in [6.07, 6.45) is 0.433. The normalized spacial score (nSPS) is 17.2. The molecule has 2 aliphatic heterocycles. The number of methoxy groups -OCH3 is 2. The molecule has 12 heteroatoms. The number of rotatable bonds is 8. The van der Waals surface area contributed by atoms with Crippen molar-refractivity contribution in [1.82, 2.24) is 10.2 Å². The van der Waals surface area contributed by atoms with Crippen LogP contribution in [0.15, 0.2) is 40.6 Å². The first-order valence-corrected chi connectivity index (χ1v) is 12.3. The van der Waals surface area contributed by atoms with Gasteiger partial charge in [-0.1, -0.05) is 6.07 Å². The highest BCUT2D eigenvalue weighted by atomic mass is 16.6. The van der Waals surface area contributed by atoms with Crippen molar-refractivity contribution < 1.29 is 38.1 Å². The number of amides is 3. The van der Waals surface area contributed by atoms with Crippen molar-refractivity contribution >= 4 is 35.1 Å². The molecule has 2 aromatic rings. The van der Waals surface area contributed by atoms with Crippen molar-refractivity contribution in [2.24, 2.45) is 10.2 Å². The maximum Gasteiger partial charge on any atom is 0.344 e. The van der Waals surface area contributed by atoms with Gasteiger partial charge in [0.15, 0.2) is 18.1 Å². The number of fused-ring (bicyclic) bond motifs is 1. The number of piperidine rings is 1. The number of carbonyl (C=O) groups excluding carboxylic acids is 4. The molecule has 2 aromatic carbocycles. The fraction of sp³-hybridized carbons (Fsp3) is 0.407. The first-order chi connectivity index (χ1) is 18.5. The lowest BCUT2D eigenvalue weighted by Crippen LogP contribution is -2.52. The number of esters is 1. The number of benzene rings is 2. The molecule has 1 unspecified atom stereocenters. The Balaban J connectivity index is 1.55. The SMILES string of the molecule is COc1cc(OCC(=O)OC(C)(C)C)c(OC)cc1N=Nc1cccc2c1CN(C1CCC(=O)NC1=O)C2=O. The van der Waals surface area contributed by atoms with Gasteiger partial charge in [0.25, 0.3) is 5.91 Å². The molecule has 3 amide bonds. The zero-order valence-electron chi connectivity index (χ0n) is 22.4. The highest BCUT2D eigenvalue weighted by Crippen LogP contribution is 2.41. The Bertz CT molecular complexity index is 1350. The number of nitrogens with one attached hydrogen (secondary N) is 1. The topological polar surface area (TPSA) is 145 Å². The average molecular weight is 539 g/mol. The summed E-state index contributed by atoms with van der Waals surface area (Å²) in [5, 5.41) is 11.0. The first-order valence-electron chi connectivity index (χ1n) is 12.3. The van der Waals surface area contributed by atoms with Crippen LogP contribution in [-0.2, 0) is 25.7 Å². The van der Waals surface area contributed by atoms with Gasteiger partial charge in [-0.05, 0) is 39.3 Å². The van der Waals surface area contributed by atoms with Gasteiger partial charge in [0.05, 0.1) is 19.9 Å². The van der Waals surface area contributed by atoms with Crippen LogP contribution in [0.3, 0.4) is 0 Å². The first kappa shape index (κ1) is 27.6. The van der Waals surface area contributed by atoms with Gasteiger partial charge >= 0.3 is 5.97 Å². The van der Waals surface area contributed by atoms with E-state index in [0.717, 1.165) is 0 Å². The van der Waals surface area contributed by atoms with Crippen LogP contribution in [-0.4, -0.2) is 61.1 Å². The molecule has 1 N–H and O–H groups in total. The number of hydrogen-bond acceptors (Lipinski definition) is 10. The third kappa shape index (κ3) is 6.16. The third-order valence-corrected chi connectivity index (χ3v) is 6.05. The number of imide groups is 1. The van der Waals surface area contributed by atoms with E-state index in [2.05, 4.69) is 15.5 Å². The molecule has 0 saturated carbocycles. The molecule has 206 valence electrons. The van der Waals surface area contributed by atoms with Crippen LogP contribution in [0, 0.1) is 0 Å². The van der Waals surface area contributed by atoms with Crippen LogP contribution < -0.4 is 19.5 Å². The van der Waals surface area contributed by atoms with Crippen LogP contribution in [0.4, 0.5) is 11.4 Å². The van der Waals surface area contributed by atoms with Crippen molar-refractivity contribution in [2.75, 3.05) is 20.8 Å². The zero-order valence-corrected chi connectivity index (χ0v) is 22.4. The van der Waals surface area contributed by atoms with Crippen molar-refractivity contribution in [3.63, 3.8) is 0 Å². The second kappa shape index (κ2) is 11.1. The van der Waals surface area contributed by atoms with Gasteiger partial charge in [0.1, 0.15) is 23.1 Å². The standard InChI is InChI=1S/C27H30N4O8/c1-27(2,3)39-24(33)14-38-22-12-20(36-4)18(11-21(22)37-5)30-29-17-8-6-7-15-16(17)13-31(26(15)35)19-9-10-23(32)28-25(19)34/h6-8,11-12,19H,9-10,13-14H2,1-5H3,(H,28,32,34). The van der Waals surface area contributed by atoms with Crippen LogP contribution in [0.25, 0.3) is 0 Å². The molecule has 4 rings (SSSR count). The van der Waals surface area contributed by atoms with E-state index in [4.69, 9.17) is 18.9 Å². The summed E-state index contributed by atoms with van der Waals surface area (Å²) in [4.78, 5) is 50.5. The van der Waals surface area contributed by atoms with Gasteiger partial charge in [0, 0.05) is 36.2 Å². The largest absolute Gasteiger partial charge is 0.494 e. The molecule has 0 radical (unpaired) electrons. The number of nitrogens with zero attached hydrogens (tertiary/aromatic N) is 3. The summed E-state index contributed by atoms with van der Waals surface area (Å²) in [7, 11) is 2.90.